The van der Waals surface area contributed by atoms with E-state index in [1.807, 2.05) is 0 Å². The van der Waals surface area contributed by atoms with E-state index in [2.05, 4.69) is 15.7 Å². The van der Waals surface area contributed by atoms with E-state index in [0.717, 1.165) is 5.12 Å². The quantitative estimate of drug-likeness (QED) is 0.380. The topological polar surface area (TPSA) is 57.1 Å². The number of hydrogen-bond donors (Lipinski definition) is 1. The van der Waals surface area contributed by atoms with Crippen molar-refractivity contribution < 1.29 is 4.79 Å². The molecule has 1 aliphatic heterocycles. The maximum Gasteiger partial charge on any atom is 0.260 e. The summed E-state index contributed by atoms with van der Waals surface area (Å²) < 4.78 is 0. The standard InChI is InChI=1S/C4H4N4O/c9-4-6-8-3-1-2-5-7-8/h1-3,7H. The third-order valence-electron chi connectivity index (χ3n) is 0.697. The van der Waals surface area contributed by atoms with Crippen LogP contribution in [0.2, 0.25) is 0 Å². The molecule has 0 aromatic rings. The van der Waals surface area contributed by atoms with Crippen molar-refractivity contribution >= 4 is 12.3 Å². The molecule has 1 rings (SSSR count). The fourth-order valence-corrected chi connectivity index (χ4v) is 0.389. The first kappa shape index (κ1) is 5.53. The molecule has 0 aromatic carbocycles. The first-order chi connectivity index (χ1) is 4.43. The Morgan fingerprint density at radius 2 is 2.67 bits per heavy atom. The Labute approximate surface area is 51.3 Å². The van der Waals surface area contributed by atoms with E-state index in [1.165, 1.54) is 18.5 Å². The highest BCUT2D eigenvalue weighted by atomic mass is 16.1. The molecule has 0 atom stereocenters. The summed E-state index contributed by atoms with van der Waals surface area (Å²) in [6.45, 7) is 0. The number of carbonyl (C=O) groups excluding carboxylic acids is 1. The first-order valence-electron chi connectivity index (χ1n) is 2.26. The number of hydrazine groups is 1. The Hall–Kier alpha value is -1.61. The van der Waals surface area contributed by atoms with Crippen LogP contribution in [-0.4, -0.2) is 17.4 Å². The lowest BCUT2D eigenvalue weighted by molar-refractivity contribution is 0.287. The summed E-state index contributed by atoms with van der Waals surface area (Å²) >= 11 is 0. The van der Waals surface area contributed by atoms with E-state index in [0.29, 0.717) is 0 Å². The van der Waals surface area contributed by atoms with Crippen LogP contribution in [-0.2, 0) is 4.79 Å². The maximum atomic E-state index is 9.61. The van der Waals surface area contributed by atoms with Crippen LogP contribution in [0.1, 0.15) is 0 Å². The average molecular weight is 124 g/mol. The van der Waals surface area contributed by atoms with Gasteiger partial charge in [-0.25, -0.2) is 4.79 Å². The summed E-state index contributed by atoms with van der Waals surface area (Å²) in [5.41, 5.74) is 2.41. The zero-order valence-electron chi connectivity index (χ0n) is 4.48. The van der Waals surface area contributed by atoms with Gasteiger partial charge in [-0.1, -0.05) is 5.10 Å². The van der Waals surface area contributed by atoms with Crippen LogP contribution in [0.15, 0.2) is 22.5 Å². The van der Waals surface area contributed by atoms with Crippen LogP contribution < -0.4 is 5.53 Å². The number of rotatable bonds is 1. The zero-order chi connectivity index (χ0) is 6.53. The van der Waals surface area contributed by atoms with Crippen LogP contribution in [0, 0.1) is 0 Å². The van der Waals surface area contributed by atoms with Crippen molar-refractivity contribution in [3.05, 3.63) is 12.3 Å². The van der Waals surface area contributed by atoms with Crippen molar-refractivity contribution in [2.24, 2.45) is 10.2 Å². The van der Waals surface area contributed by atoms with Crippen LogP contribution in [0.5, 0.6) is 0 Å². The van der Waals surface area contributed by atoms with Gasteiger partial charge in [-0.2, -0.15) is 15.8 Å². The van der Waals surface area contributed by atoms with Crippen molar-refractivity contribution in [3.8, 4) is 0 Å². The van der Waals surface area contributed by atoms with Crippen molar-refractivity contribution in [1.29, 1.82) is 0 Å². The summed E-state index contributed by atoms with van der Waals surface area (Å²) in [4.78, 5) is 9.61. The average Bonchev–Trinajstić information content (AvgIpc) is 1.91. The minimum Gasteiger partial charge on any atom is -0.209 e. The number of nitrogens with zero attached hydrogens (tertiary/aromatic N) is 3. The second-order valence-electron chi connectivity index (χ2n) is 1.26. The van der Waals surface area contributed by atoms with Crippen LogP contribution in [0.3, 0.4) is 0 Å². The molecule has 1 aliphatic rings. The second kappa shape index (κ2) is 2.64. The highest BCUT2D eigenvalue weighted by Crippen LogP contribution is 1.86. The largest absolute Gasteiger partial charge is 0.260 e. The van der Waals surface area contributed by atoms with Crippen LogP contribution >= 0.6 is 0 Å². The van der Waals surface area contributed by atoms with Gasteiger partial charge in [0.05, 0.1) is 12.4 Å². The molecule has 0 aromatic heterocycles. The van der Waals surface area contributed by atoms with E-state index in [-0.39, 0.29) is 0 Å². The third kappa shape index (κ3) is 1.40. The Morgan fingerprint density at radius 3 is 3.22 bits per heavy atom. The molecule has 0 saturated heterocycles. The molecule has 0 spiro atoms. The Bertz CT molecular complexity index is 191. The molecule has 1 heterocycles. The molecule has 0 unspecified atom stereocenters. The molecule has 5 nitrogen and oxygen atoms in total. The molecule has 5 heteroatoms. The van der Waals surface area contributed by atoms with Gasteiger partial charge in [0.25, 0.3) is 6.08 Å². The molecule has 0 radical (unpaired) electrons. The summed E-state index contributed by atoms with van der Waals surface area (Å²) in [7, 11) is 0. The van der Waals surface area contributed by atoms with E-state index in [4.69, 9.17) is 0 Å². The predicted molar refractivity (Wildman–Crippen MR) is 30.7 cm³/mol. The highest BCUT2D eigenvalue weighted by Gasteiger charge is 1.91. The Morgan fingerprint density at radius 1 is 1.78 bits per heavy atom. The Kier molecular flexibility index (Phi) is 1.62. The fraction of sp³-hybridized carbons (Fsp3) is 0. The number of isocyanates is 1. The van der Waals surface area contributed by atoms with Gasteiger partial charge in [0.1, 0.15) is 0 Å². The van der Waals surface area contributed by atoms with Gasteiger partial charge in [0, 0.05) is 0 Å². The van der Waals surface area contributed by atoms with Gasteiger partial charge in [-0.15, -0.1) is 0 Å². The number of nitrogens with one attached hydrogen (secondary N) is 1. The van der Waals surface area contributed by atoms with E-state index in [1.54, 1.807) is 6.08 Å². The zero-order valence-corrected chi connectivity index (χ0v) is 4.48. The van der Waals surface area contributed by atoms with E-state index >= 15 is 0 Å². The minimum absolute atomic E-state index is 1.15. The van der Waals surface area contributed by atoms with Gasteiger partial charge in [-0.05, 0) is 6.08 Å². The molecule has 0 amide bonds. The normalized spacial score (nSPS) is 14.4. The van der Waals surface area contributed by atoms with Gasteiger partial charge in [0.15, 0.2) is 0 Å². The highest BCUT2D eigenvalue weighted by molar-refractivity contribution is 5.71. The second-order valence-corrected chi connectivity index (χ2v) is 1.26. The summed E-state index contributed by atoms with van der Waals surface area (Å²) in [6, 6.07) is 0. The predicted octanol–water partition coefficient (Wildman–Crippen LogP) is -0.443. The molecule has 0 saturated carbocycles. The van der Waals surface area contributed by atoms with Crippen molar-refractivity contribution in [2.75, 3.05) is 0 Å². The van der Waals surface area contributed by atoms with Gasteiger partial charge in [0.2, 0.25) is 0 Å². The van der Waals surface area contributed by atoms with Gasteiger partial charge < -0.3 is 0 Å². The van der Waals surface area contributed by atoms with Gasteiger partial charge in [-0.3, -0.25) is 0 Å². The van der Waals surface area contributed by atoms with Crippen molar-refractivity contribution in [1.82, 2.24) is 10.7 Å². The first-order valence-corrected chi connectivity index (χ1v) is 2.26. The molecule has 9 heavy (non-hydrogen) atoms. The van der Waals surface area contributed by atoms with Crippen LogP contribution in [0.25, 0.3) is 0 Å². The third-order valence-corrected chi connectivity index (χ3v) is 0.697. The van der Waals surface area contributed by atoms with E-state index in [9.17, 15) is 4.79 Å². The lowest BCUT2D eigenvalue weighted by atomic mass is 10.6. The molecular weight excluding hydrogens is 120 g/mol. The number of hydrogen-bond acceptors (Lipinski definition) is 5. The monoisotopic (exact) mass is 124 g/mol. The molecule has 0 fully saturated rings. The lowest BCUT2D eigenvalue weighted by Gasteiger charge is -2.10. The van der Waals surface area contributed by atoms with Gasteiger partial charge >= 0.3 is 0 Å². The molecular formula is C4H4N4O. The maximum absolute atomic E-state index is 9.61. The van der Waals surface area contributed by atoms with Crippen molar-refractivity contribution in [2.45, 2.75) is 0 Å². The minimum atomic E-state index is 1.15. The molecule has 0 aliphatic carbocycles. The molecule has 0 bridgehead atoms. The Balaban J connectivity index is 2.55. The number of allylic oxidation sites excluding steroid dienone is 1. The smallest absolute Gasteiger partial charge is 0.209 e. The molecule has 46 valence electrons. The fourth-order valence-electron chi connectivity index (χ4n) is 0.389. The number of hydrazone groups is 2. The van der Waals surface area contributed by atoms with Crippen LogP contribution in [0.4, 0.5) is 0 Å². The van der Waals surface area contributed by atoms with Crippen molar-refractivity contribution in [3.63, 3.8) is 0 Å². The summed E-state index contributed by atoms with van der Waals surface area (Å²) in [5, 5.41) is 7.91. The summed E-state index contributed by atoms with van der Waals surface area (Å²) in [6.07, 6.45) is 6.07. The van der Waals surface area contributed by atoms with E-state index < -0.39 is 0 Å². The lowest BCUT2D eigenvalue weighted by Crippen LogP contribution is -2.25. The SMILES string of the molecule is O=C=NN1C=CC=NN1. The molecule has 1 N–H and O–H groups in total. The summed E-state index contributed by atoms with van der Waals surface area (Å²) in [5.74, 6) is 0.